The molecule has 1 unspecified atom stereocenters. The van der Waals surface area contributed by atoms with E-state index < -0.39 is 0 Å². The summed E-state index contributed by atoms with van der Waals surface area (Å²) in [5.74, 6) is 0.605. The minimum Gasteiger partial charge on any atom is -0.354 e. The number of carbonyl (C=O) groups excluding carboxylic acids is 1. The van der Waals surface area contributed by atoms with Crippen molar-refractivity contribution in [1.82, 2.24) is 20.4 Å². The quantitative estimate of drug-likeness (QED) is 0.807. The van der Waals surface area contributed by atoms with Crippen LogP contribution in [0.4, 0.5) is 0 Å². The van der Waals surface area contributed by atoms with Gasteiger partial charge in [-0.2, -0.15) is 5.10 Å². The Hall–Kier alpha value is -1.07. The number of nitrogens with zero attached hydrogens (tertiary/aromatic N) is 2. The van der Waals surface area contributed by atoms with E-state index in [4.69, 9.17) is 0 Å². The summed E-state index contributed by atoms with van der Waals surface area (Å²) >= 11 is 0. The SMILES string of the molecule is CNC(C)CNC(=O)Cc1c(C)nn(CC(C)C)c1C.Cl. The second kappa shape index (κ2) is 9.05. The molecule has 0 aliphatic carbocycles. The molecule has 0 radical (unpaired) electrons. The summed E-state index contributed by atoms with van der Waals surface area (Å²) in [4.78, 5) is 12.0. The Balaban J connectivity index is 0.00000400. The van der Waals surface area contributed by atoms with Gasteiger partial charge in [-0.25, -0.2) is 0 Å². The fourth-order valence-electron chi connectivity index (χ4n) is 2.11. The highest BCUT2D eigenvalue weighted by atomic mass is 35.5. The predicted octanol–water partition coefficient (Wildman–Crippen LogP) is 1.84. The average molecular weight is 317 g/mol. The minimum absolute atomic E-state index is 0. The Kier molecular flexibility index (Phi) is 8.59. The van der Waals surface area contributed by atoms with Crippen LogP contribution in [0.15, 0.2) is 0 Å². The van der Waals surface area contributed by atoms with Gasteiger partial charge in [0.1, 0.15) is 0 Å². The number of amides is 1. The summed E-state index contributed by atoms with van der Waals surface area (Å²) in [6.45, 7) is 11.9. The third-order valence-corrected chi connectivity index (χ3v) is 3.50. The minimum atomic E-state index is 0. The number of carbonyl (C=O) groups is 1. The lowest BCUT2D eigenvalue weighted by molar-refractivity contribution is -0.120. The Labute approximate surface area is 134 Å². The standard InChI is InChI=1S/C15H28N4O.ClH/c1-10(2)9-19-13(5)14(12(4)18-19)7-15(20)17-8-11(3)16-6;/h10-11,16H,7-9H2,1-6H3,(H,17,20);1H. The zero-order valence-electron chi connectivity index (χ0n) is 14.0. The maximum absolute atomic E-state index is 12.0. The first-order chi connectivity index (χ1) is 9.35. The fourth-order valence-corrected chi connectivity index (χ4v) is 2.11. The zero-order chi connectivity index (χ0) is 15.3. The molecular weight excluding hydrogens is 288 g/mol. The van der Waals surface area contributed by atoms with Gasteiger partial charge in [-0.15, -0.1) is 12.4 Å². The molecule has 1 amide bonds. The summed E-state index contributed by atoms with van der Waals surface area (Å²) in [5, 5.41) is 10.6. The van der Waals surface area contributed by atoms with Crippen molar-refractivity contribution < 1.29 is 4.79 Å². The van der Waals surface area contributed by atoms with Crippen LogP contribution in [-0.4, -0.2) is 35.3 Å². The van der Waals surface area contributed by atoms with E-state index in [1.54, 1.807) is 0 Å². The molecule has 5 nitrogen and oxygen atoms in total. The molecule has 0 aliphatic rings. The van der Waals surface area contributed by atoms with Crippen LogP contribution in [0.1, 0.15) is 37.7 Å². The highest BCUT2D eigenvalue weighted by Gasteiger charge is 2.15. The van der Waals surface area contributed by atoms with E-state index in [1.807, 2.05) is 32.5 Å². The number of rotatable bonds is 7. The largest absolute Gasteiger partial charge is 0.354 e. The molecule has 0 aliphatic heterocycles. The predicted molar refractivity (Wildman–Crippen MR) is 89.0 cm³/mol. The van der Waals surface area contributed by atoms with Crippen LogP contribution < -0.4 is 10.6 Å². The Morgan fingerprint density at radius 2 is 1.90 bits per heavy atom. The molecule has 1 atom stereocenters. The number of aromatic nitrogens is 2. The molecule has 6 heteroatoms. The Morgan fingerprint density at radius 1 is 1.29 bits per heavy atom. The molecular formula is C15H29ClN4O. The van der Waals surface area contributed by atoms with E-state index in [0.717, 1.165) is 23.5 Å². The van der Waals surface area contributed by atoms with Gasteiger partial charge in [-0.05, 0) is 33.7 Å². The van der Waals surface area contributed by atoms with Gasteiger partial charge in [-0.3, -0.25) is 9.48 Å². The summed E-state index contributed by atoms with van der Waals surface area (Å²) < 4.78 is 2.01. The summed E-state index contributed by atoms with van der Waals surface area (Å²) in [6, 6.07) is 0.282. The van der Waals surface area contributed by atoms with Gasteiger partial charge in [-0.1, -0.05) is 13.8 Å². The number of likely N-dealkylation sites (N-methyl/N-ethyl adjacent to an activating group) is 1. The van der Waals surface area contributed by atoms with Crippen molar-refractivity contribution in [2.45, 2.75) is 53.6 Å². The van der Waals surface area contributed by atoms with Crippen LogP contribution in [-0.2, 0) is 17.8 Å². The number of halogens is 1. The van der Waals surface area contributed by atoms with Gasteiger partial charge < -0.3 is 10.6 Å². The van der Waals surface area contributed by atoms with E-state index in [9.17, 15) is 4.79 Å². The normalized spacial score (nSPS) is 12.1. The lowest BCUT2D eigenvalue weighted by atomic mass is 10.1. The monoisotopic (exact) mass is 316 g/mol. The maximum atomic E-state index is 12.0. The first-order valence-corrected chi connectivity index (χ1v) is 7.32. The van der Waals surface area contributed by atoms with E-state index >= 15 is 0 Å². The van der Waals surface area contributed by atoms with Gasteiger partial charge in [0.2, 0.25) is 5.91 Å². The summed E-state index contributed by atoms with van der Waals surface area (Å²) in [6.07, 6.45) is 0.409. The van der Waals surface area contributed by atoms with E-state index in [0.29, 0.717) is 18.9 Å². The topological polar surface area (TPSA) is 58.9 Å². The van der Waals surface area contributed by atoms with Crippen LogP contribution in [0.5, 0.6) is 0 Å². The van der Waals surface area contributed by atoms with Crippen LogP contribution in [0.2, 0.25) is 0 Å². The van der Waals surface area contributed by atoms with Crippen molar-refractivity contribution in [3.8, 4) is 0 Å². The van der Waals surface area contributed by atoms with Gasteiger partial charge in [0.05, 0.1) is 12.1 Å². The molecule has 1 heterocycles. The number of hydrogen-bond acceptors (Lipinski definition) is 3. The van der Waals surface area contributed by atoms with E-state index in [1.165, 1.54) is 0 Å². The van der Waals surface area contributed by atoms with E-state index in [-0.39, 0.29) is 24.4 Å². The van der Waals surface area contributed by atoms with Crippen molar-refractivity contribution in [3.05, 3.63) is 17.0 Å². The fraction of sp³-hybridized carbons (Fsp3) is 0.733. The average Bonchev–Trinajstić information content (AvgIpc) is 2.63. The van der Waals surface area contributed by atoms with Crippen molar-refractivity contribution in [2.75, 3.05) is 13.6 Å². The first kappa shape index (κ1) is 19.9. The van der Waals surface area contributed by atoms with Gasteiger partial charge >= 0.3 is 0 Å². The molecule has 0 saturated heterocycles. The van der Waals surface area contributed by atoms with Crippen molar-refractivity contribution in [3.63, 3.8) is 0 Å². The summed E-state index contributed by atoms with van der Waals surface area (Å²) in [7, 11) is 1.89. The molecule has 1 aromatic rings. The molecule has 0 saturated carbocycles. The molecule has 1 aromatic heterocycles. The molecule has 21 heavy (non-hydrogen) atoms. The van der Waals surface area contributed by atoms with Crippen LogP contribution >= 0.6 is 12.4 Å². The maximum Gasteiger partial charge on any atom is 0.224 e. The van der Waals surface area contributed by atoms with Crippen molar-refractivity contribution in [2.24, 2.45) is 5.92 Å². The molecule has 0 spiro atoms. The third kappa shape index (κ3) is 6.06. The highest BCUT2D eigenvalue weighted by molar-refractivity contribution is 5.85. The highest BCUT2D eigenvalue weighted by Crippen LogP contribution is 2.15. The lowest BCUT2D eigenvalue weighted by Crippen LogP contribution is -2.37. The lowest BCUT2D eigenvalue weighted by Gasteiger charge is -2.11. The van der Waals surface area contributed by atoms with Crippen LogP contribution in [0.25, 0.3) is 0 Å². The molecule has 122 valence electrons. The second-order valence-corrected chi connectivity index (χ2v) is 5.90. The molecule has 1 rings (SSSR count). The number of hydrogen-bond donors (Lipinski definition) is 2. The number of aryl methyl sites for hydroxylation is 1. The van der Waals surface area contributed by atoms with Crippen LogP contribution in [0.3, 0.4) is 0 Å². The zero-order valence-corrected chi connectivity index (χ0v) is 14.8. The van der Waals surface area contributed by atoms with Gasteiger partial charge in [0.25, 0.3) is 0 Å². The van der Waals surface area contributed by atoms with Gasteiger partial charge in [0, 0.05) is 30.4 Å². The molecule has 2 N–H and O–H groups in total. The Bertz CT molecular complexity index is 457. The summed E-state index contributed by atoms with van der Waals surface area (Å²) in [5.41, 5.74) is 3.12. The molecule has 0 bridgehead atoms. The van der Waals surface area contributed by atoms with E-state index in [2.05, 4.69) is 29.6 Å². The van der Waals surface area contributed by atoms with Gasteiger partial charge in [0.15, 0.2) is 0 Å². The Morgan fingerprint density at radius 3 is 2.43 bits per heavy atom. The van der Waals surface area contributed by atoms with Crippen LogP contribution in [0, 0.1) is 19.8 Å². The molecule has 0 fully saturated rings. The van der Waals surface area contributed by atoms with Crippen molar-refractivity contribution >= 4 is 18.3 Å². The first-order valence-electron chi connectivity index (χ1n) is 7.32. The van der Waals surface area contributed by atoms with Crippen molar-refractivity contribution in [1.29, 1.82) is 0 Å². The second-order valence-electron chi connectivity index (χ2n) is 5.90. The third-order valence-electron chi connectivity index (χ3n) is 3.50. The smallest absolute Gasteiger partial charge is 0.224 e. The molecule has 0 aromatic carbocycles. The number of nitrogens with one attached hydrogen (secondary N) is 2.